The van der Waals surface area contributed by atoms with Crippen LogP contribution >= 0.6 is 23.5 Å². The highest BCUT2D eigenvalue weighted by atomic mass is 35.5. The lowest BCUT2D eigenvalue weighted by molar-refractivity contribution is 0.112. The molecule has 0 fully saturated rings. The van der Waals surface area contributed by atoms with E-state index in [0.29, 0.717) is 10.6 Å². The van der Waals surface area contributed by atoms with E-state index in [9.17, 15) is 4.79 Å². The van der Waals surface area contributed by atoms with Crippen LogP contribution in [-0.4, -0.2) is 6.29 Å². The molecule has 1 radical (unpaired) electrons. The zero-order valence-corrected chi connectivity index (χ0v) is 17.0. The van der Waals surface area contributed by atoms with Gasteiger partial charge in [-0.1, -0.05) is 72.3 Å². The summed E-state index contributed by atoms with van der Waals surface area (Å²) in [4.78, 5) is 12.6. The van der Waals surface area contributed by atoms with Crippen LogP contribution in [0.1, 0.15) is 10.4 Å². The molecule has 2 nitrogen and oxygen atoms in total. The van der Waals surface area contributed by atoms with Crippen molar-refractivity contribution in [2.45, 2.75) is 4.90 Å². The highest BCUT2D eigenvalue weighted by Gasteiger charge is 2.16. The number of rotatable bonds is 6. The molecule has 0 aliphatic carbocycles. The molecule has 0 bridgehead atoms. The Hall–Kier alpha value is -3.01. The predicted molar refractivity (Wildman–Crippen MR) is 122 cm³/mol. The summed E-state index contributed by atoms with van der Waals surface area (Å²) in [7, 11) is 0. The maximum Gasteiger partial charge on any atom is 0.150 e. The average Bonchev–Trinajstić information content (AvgIpc) is 2.79. The molecule has 0 heterocycles. The number of hydrogen-bond acceptors (Lipinski definition) is 2. The van der Waals surface area contributed by atoms with Crippen molar-refractivity contribution in [3.63, 3.8) is 0 Å². The van der Waals surface area contributed by atoms with Crippen molar-refractivity contribution < 1.29 is 4.79 Å². The molecule has 0 saturated heterocycles. The summed E-state index contributed by atoms with van der Waals surface area (Å²) in [5.41, 5.74) is 5.35. The van der Waals surface area contributed by atoms with Crippen LogP contribution in [0.2, 0.25) is 5.02 Å². The van der Waals surface area contributed by atoms with Crippen LogP contribution in [0.4, 0.5) is 5.69 Å². The molecule has 0 saturated carbocycles. The van der Waals surface area contributed by atoms with Crippen LogP contribution in [0.25, 0.3) is 22.3 Å². The smallest absolute Gasteiger partial charge is 0.150 e. The second-order valence-electron chi connectivity index (χ2n) is 6.45. The van der Waals surface area contributed by atoms with Crippen LogP contribution in [-0.2, 0) is 0 Å². The first-order chi connectivity index (χ1) is 14.2. The molecule has 29 heavy (non-hydrogen) atoms. The highest BCUT2D eigenvalue weighted by molar-refractivity contribution is 7.97. The lowest BCUT2D eigenvalue weighted by Crippen LogP contribution is -1.96. The SMILES string of the molecule is O=Cc1cc(-c2ccccc2)c([N]Sc2ccc(Cl)cc2)c(-c2ccccc2)c1. The van der Waals surface area contributed by atoms with Gasteiger partial charge in [0, 0.05) is 38.6 Å². The molecule has 4 aromatic carbocycles. The van der Waals surface area contributed by atoms with Gasteiger partial charge in [0.15, 0.2) is 0 Å². The molecule has 4 aromatic rings. The van der Waals surface area contributed by atoms with Crippen LogP contribution < -0.4 is 4.72 Å². The first kappa shape index (κ1) is 19.3. The molecular weight excluding hydrogens is 398 g/mol. The molecule has 0 N–H and O–H groups in total. The number of aldehydes is 1. The molecule has 0 atom stereocenters. The number of nitrogens with zero attached hydrogens (tertiary/aromatic N) is 1. The predicted octanol–water partition coefficient (Wildman–Crippen LogP) is 7.43. The minimum Gasteiger partial charge on any atom is -0.298 e. The Kier molecular flexibility index (Phi) is 5.99. The highest BCUT2D eigenvalue weighted by Crippen LogP contribution is 2.40. The normalized spacial score (nSPS) is 10.5. The third-order valence-electron chi connectivity index (χ3n) is 4.49. The number of hydrogen-bond donors (Lipinski definition) is 0. The summed E-state index contributed by atoms with van der Waals surface area (Å²) < 4.78 is 4.89. The van der Waals surface area contributed by atoms with E-state index in [-0.39, 0.29) is 0 Å². The number of halogens is 1. The standard InChI is InChI=1S/C25H17ClNOS/c26-21-11-13-22(14-12-21)29-27-25-23(19-7-3-1-4-8-19)15-18(17-28)16-24(25)20-9-5-2-6-10-20/h1-17H. The van der Waals surface area contributed by atoms with Gasteiger partial charge in [-0.2, -0.15) is 0 Å². The molecule has 0 spiro atoms. The van der Waals surface area contributed by atoms with Crippen LogP contribution in [0, 0.1) is 0 Å². The van der Waals surface area contributed by atoms with Gasteiger partial charge in [-0.3, -0.25) is 4.79 Å². The number of benzene rings is 4. The van der Waals surface area contributed by atoms with E-state index in [0.717, 1.165) is 39.1 Å². The van der Waals surface area contributed by atoms with Gasteiger partial charge in [-0.25, -0.2) is 4.72 Å². The zero-order chi connectivity index (χ0) is 20.1. The van der Waals surface area contributed by atoms with Gasteiger partial charge in [0.2, 0.25) is 0 Å². The van der Waals surface area contributed by atoms with Gasteiger partial charge >= 0.3 is 0 Å². The first-order valence-corrected chi connectivity index (χ1v) is 10.3. The maximum absolute atomic E-state index is 11.6. The van der Waals surface area contributed by atoms with Gasteiger partial charge < -0.3 is 0 Å². The van der Waals surface area contributed by atoms with Crippen LogP contribution in [0.5, 0.6) is 0 Å². The van der Waals surface area contributed by atoms with Crippen molar-refractivity contribution in [3.05, 3.63) is 108 Å². The second kappa shape index (κ2) is 8.99. The summed E-state index contributed by atoms with van der Waals surface area (Å²) in [6.45, 7) is 0. The van der Waals surface area contributed by atoms with Crippen molar-refractivity contribution in [1.82, 2.24) is 4.72 Å². The van der Waals surface area contributed by atoms with E-state index in [1.807, 2.05) is 97.1 Å². The zero-order valence-electron chi connectivity index (χ0n) is 15.5. The summed E-state index contributed by atoms with van der Waals surface area (Å²) in [5, 5.41) is 0.694. The lowest BCUT2D eigenvalue weighted by Gasteiger charge is -2.16. The molecule has 0 amide bonds. The summed E-state index contributed by atoms with van der Waals surface area (Å²) in [6.07, 6.45) is 0.884. The van der Waals surface area contributed by atoms with Gasteiger partial charge in [-0.15, -0.1) is 0 Å². The maximum atomic E-state index is 11.6. The minimum absolute atomic E-state index is 0.623. The third kappa shape index (κ3) is 4.53. The fourth-order valence-corrected chi connectivity index (χ4v) is 3.87. The van der Waals surface area contributed by atoms with Gasteiger partial charge in [0.05, 0.1) is 5.69 Å². The average molecular weight is 415 g/mol. The van der Waals surface area contributed by atoms with E-state index in [4.69, 9.17) is 16.3 Å². The Labute approximate surface area is 179 Å². The van der Waals surface area contributed by atoms with Crippen molar-refractivity contribution >= 4 is 35.5 Å². The van der Waals surface area contributed by atoms with Gasteiger partial charge in [-0.05, 0) is 47.5 Å². The van der Waals surface area contributed by atoms with E-state index in [1.54, 1.807) is 0 Å². The molecule has 0 aromatic heterocycles. The second-order valence-corrected chi connectivity index (χ2v) is 7.72. The van der Waals surface area contributed by atoms with Crippen molar-refractivity contribution in [1.29, 1.82) is 0 Å². The molecule has 0 aliphatic rings. The number of carbonyl (C=O) groups is 1. The fourth-order valence-electron chi connectivity index (χ4n) is 3.09. The largest absolute Gasteiger partial charge is 0.298 e. The number of carbonyl (C=O) groups excluding carboxylic acids is 1. The molecular formula is C25H17ClNOS. The summed E-state index contributed by atoms with van der Waals surface area (Å²) >= 11 is 7.39. The molecule has 4 rings (SSSR count). The van der Waals surface area contributed by atoms with Crippen molar-refractivity contribution in [2.75, 3.05) is 0 Å². The minimum atomic E-state index is 0.623. The Morgan fingerprint density at radius 3 is 1.72 bits per heavy atom. The van der Waals surface area contributed by atoms with E-state index in [2.05, 4.69) is 0 Å². The van der Waals surface area contributed by atoms with Gasteiger partial charge in [0.25, 0.3) is 0 Å². The molecule has 0 unspecified atom stereocenters. The monoisotopic (exact) mass is 414 g/mol. The van der Waals surface area contributed by atoms with E-state index >= 15 is 0 Å². The quantitative estimate of drug-likeness (QED) is 0.242. The molecule has 141 valence electrons. The molecule has 4 heteroatoms. The Morgan fingerprint density at radius 2 is 1.24 bits per heavy atom. The Balaban J connectivity index is 1.84. The molecule has 0 aliphatic heterocycles. The van der Waals surface area contributed by atoms with Crippen molar-refractivity contribution in [2.24, 2.45) is 0 Å². The topological polar surface area (TPSA) is 31.2 Å². The van der Waals surface area contributed by atoms with Crippen LogP contribution in [0.15, 0.2) is 102 Å². The third-order valence-corrected chi connectivity index (χ3v) is 5.50. The van der Waals surface area contributed by atoms with Gasteiger partial charge in [0.1, 0.15) is 6.29 Å². The lowest BCUT2D eigenvalue weighted by atomic mass is 9.94. The summed E-state index contributed by atoms with van der Waals surface area (Å²) in [6, 6.07) is 31.4. The fraction of sp³-hybridized carbons (Fsp3) is 0. The van der Waals surface area contributed by atoms with E-state index in [1.165, 1.54) is 11.9 Å². The van der Waals surface area contributed by atoms with Crippen molar-refractivity contribution in [3.8, 4) is 22.3 Å². The van der Waals surface area contributed by atoms with E-state index < -0.39 is 0 Å². The Bertz CT molecular complexity index is 1050. The first-order valence-electron chi connectivity index (χ1n) is 9.12. The van der Waals surface area contributed by atoms with Crippen LogP contribution in [0.3, 0.4) is 0 Å². The summed E-state index contributed by atoms with van der Waals surface area (Å²) in [5.74, 6) is 0. The Morgan fingerprint density at radius 1 is 0.724 bits per heavy atom.